The molecule has 0 spiro atoms. The van der Waals surface area contributed by atoms with Gasteiger partial charge < -0.3 is 21.1 Å². The third kappa shape index (κ3) is 6.97. The first-order valence-corrected chi connectivity index (χ1v) is 7.95. The SMILES string of the molecule is CNC(=O)C(CC1=CCC(OC(C)(C)C)C=C1)NC(=O)C(C)N. The second kappa shape index (κ2) is 8.26. The molecule has 4 N–H and O–H groups in total. The smallest absolute Gasteiger partial charge is 0.242 e. The minimum Gasteiger partial charge on any atom is -0.368 e. The zero-order valence-electron chi connectivity index (χ0n) is 14.7. The molecule has 0 heterocycles. The second-order valence-corrected chi connectivity index (χ2v) is 6.81. The molecular weight excluding hydrogens is 294 g/mol. The number of hydrogen-bond donors (Lipinski definition) is 3. The van der Waals surface area contributed by atoms with Crippen LogP contribution in [0, 0.1) is 0 Å². The monoisotopic (exact) mass is 323 g/mol. The first-order valence-electron chi connectivity index (χ1n) is 7.95. The predicted octanol–water partition coefficient (Wildman–Crippen LogP) is 1.02. The number of amides is 2. The van der Waals surface area contributed by atoms with E-state index in [9.17, 15) is 9.59 Å². The van der Waals surface area contributed by atoms with E-state index < -0.39 is 12.1 Å². The van der Waals surface area contributed by atoms with E-state index in [4.69, 9.17) is 10.5 Å². The van der Waals surface area contributed by atoms with E-state index in [1.165, 1.54) is 0 Å². The Morgan fingerprint density at radius 1 is 1.39 bits per heavy atom. The lowest BCUT2D eigenvalue weighted by Crippen LogP contribution is -2.50. The Bertz CT molecular complexity index is 490. The molecule has 0 aromatic carbocycles. The molecule has 1 rings (SSSR count). The van der Waals surface area contributed by atoms with Gasteiger partial charge >= 0.3 is 0 Å². The fourth-order valence-corrected chi connectivity index (χ4v) is 2.26. The van der Waals surface area contributed by atoms with Crippen LogP contribution in [0.5, 0.6) is 0 Å². The topological polar surface area (TPSA) is 93.5 Å². The van der Waals surface area contributed by atoms with Crippen molar-refractivity contribution in [2.75, 3.05) is 7.05 Å². The molecule has 0 saturated heterocycles. The Kier molecular flexibility index (Phi) is 6.97. The summed E-state index contributed by atoms with van der Waals surface area (Å²) in [4.78, 5) is 23.7. The van der Waals surface area contributed by atoms with Gasteiger partial charge in [0.05, 0.1) is 17.7 Å². The predicted molar refractivity (Wildman–Crippen MR) is 90.7 cm³/mol. The van der Waals surface area contributed by atoms with Crippen LogP contribution in [0.4, 0.5) is 0 Å². The Morgan fingerprint density at radius 2 is 2.04 bits per heavy atom. The van der Waals surface area contributed by atoms with Gasteiger partial charge in [-0.1, -0.05) is 18.2 Å². The number of allylic oxidation sites excluding steroid dienone is 1. The lowest BCUT2D eigenvalue weighted by Gasteiger charge is -2.27. The molecular formula is C17H29N3O3. The van der Waals surface area contributed by atoms with Gasteiger partial charge in [-0.15, -0.1) is 0 Å². The number of nitrogens with one attached hydrogen (secondary N) is 2. The van der Waals surface area contributed by atoms with Crippen LogP contribution < -0.4 is 16.4 Å². The van der Waals surface area contributed by atoms with Crippen molar-refractivity contribution in [3.05, 3.63) is 23.8 Å². The first kappa shape index (κ1) is 19.4. The average Bonchev–Trinajstić information content (AvgIpc) is 2.45. The van der Waals surface area contributed by atoms with Gasteiger partial charge in [0, 0.05) is 13.5 Å². The van der Waals surface area contributed by atoms with Crippen LogP contribution in [-0.2, 0) is 14.3 Å². The molecule has 3 unspecified atom stereocenters. The van der Waals surface area contributed by atoms with Crippen molar-refractivity contribution in [1.29, 1.82) is 0 Å². The van der Waals surface area contributed by atoms with E-state index in [1.807, 2.05) is 39.0 Å². The molecule has 130 valence electrons. The molecule has 2 amide bonds. The van der Waals surface area contributed by atoms with Gasteiger partial charge in [-0.05, 0) is 39.7 Å². The molecule has 0 saturated carbocycles. The highest BCUT2D eigenvalue weighted by Gasteiger charge is 2.24. The van der Waals surface area contributed by atoms with E-state index in [0.717, 1.165) is 12.0 Å². The number of rotatable bonds is 6. The van der Waals surface area contributed by atoms with Gasteiger partial charge in [0.25, 0.3) is 0 Å². The highest BCUT2D eigenvalue weighted by Crippen LogP contribution is 2.21. The Balaban J connectivity index is 2.66. The van der Waals surface area contributed by atoms with Crippen molar-refractivity contribution in [2.24, 2.45) is 5.73 Å². The van der Waals surface area contributed by atoms with Crippen LogP contribution in [0.15, 0.2) is 23.8 Å². The summed E-state index contributed by atoms with van der Waals surface area (Å²) >= 11 is 0. The van der Waals surface area contributed by atoms with Crippen molar-refractivity contribution < 1.29 is 14.3 Å². The summed E-state index contributed by atoms with van der Waals surface area (Å²) in [5.74, 6) is -0.575. The van der Waals surface area contributed by atoms with Crippen LogP contribution in [0.25, 0.3) is 0 Å². The summed E-state index contributed by atoms with van der Waals surface area (Å²) < 4.78 is 5.90. The zero-order valence-corrected chi connectivity index (χ0v) is 14.7. The van der Waals surface area contributed by atoms with Gasteiger partial charge in [0.2, 0.25) is 11.8 Å². The molecule has 0 aromatic heterocycles. The maximum atomic E-state index is 12.0. The number of carbonyl (C=O) groups excluding carboxylic acids is 2. The van der Waals surface area contributed by atoms with E-state index in [2.05, 4.69) is 10.6 Å². The molecule has 6 nitrogen and oxygen atoms in total. The number of likely N-dealkylation sites (N-methyl/N-ethyl adjacent to an activating group) is 1. The molecule has 6 heteroatoms. The lowest BCUT2D eigenvalue weighted by atomic mass is 9.97. The molecule has 1 aliphatic carbocycles. The molecule has 0 aliphatic heterocycles. The average molecular weight is 323 g/mol. The zero-order chi connectivity index (χ0) is 17.6. The Hall–Kier alpha value is -1.66. The normalized spacial score (nSPS) is 20.4. The summed E-state index contributed by atoms with van der Waals surface area (Å²) in [5.41, 5.74) is 6.35. The number of ether oxygens (including phenoxy) is 1. The number of nitrogens with two attached hydrogens (primary N) is 1. The van der Waals surface area contributed by atoms with Crippen LogP contribution >= 0.6 is 0 Å². The molecule has 3 atom stereocenters. The maximum Gasteiger partial charge on any atom is 0.242 e. The minimum absolute atomic E-state index is 0.0378. The van der Waals surface area contributed by atoms with Gasteiger partial charge in [0.1, 0.15) is 6.04 Å². The molecule has 0 aromatic rings. The van der Waals surface area contributed by atoms with E-state index in [-0.39, 0.29) is 23.5 Å². The van der Waals surface area contributed by atoms with Crippen LogP contribution in [0.3, 0.4) is 0 Å². The van der Waals surface area contributed by atoms with Crippen LogP contribution in [0.1, 0.15) is 40.5 Å². The highest BCUT2D eigenvalue weighted by atomic mass is 16.5. The molecule has 23 heavy (non-hydrogen) atoms. The van der Waals surface area contributed by atoms with Gasteiger partial charge in [-0.2, -0.15) is 0 Å². The molecule has 0 fully saturated rings. The van der Waals surface area contributed by atoms with Crippen molar-refractivity contribution in [1.82, 2.24) is 10.6 Å². The van der Waals surface area contributed by atoms with E-state index in [0.29, 0.717) is 6.42 Å². The van der Waals surface area contributed by atoms with Gasteiger partial charge in [0.15, 0.2) is 0 Å². The molecule has 0 radical (unpaired) electrons. The summed E-state index contributed by atoms with van der Waals surface area (Å²) in [5, 5.41) is 5.25. The fraction of sp³-hybridized carbons (Fsp3) is 0.647. The summed E-state index contributed by atoms with van der Waals surface area (Å²) in [6.07, 6.45) is 7.21. The van der Waals surface area contributed by atoms with Crippen molar-refractivity contribution >= 4 is 11.8 Å². The van der Waals surface area contributed by atoms with Gasteiger partial charge in [-0.25, -0.2) is 0 Å². The third-order valence-corrected chi connectivity index (χ3v) is 3.37. The van der Waals surface area contributed by atoms with E-state index in [1.54, 1.807) is 14.0 Å². The Labute approximate surface area is 138 Å². The third-order valence-electron chi connectivity index (χ3n) is 3.37. The minimum atomic E-state index is -0.650. The fourth-order valence-electron chi connectivity index (χ4n) is 2.26. The summed E-state index contributed by atoms with van der Waals surface area (Å²) in [7, 11) is 1.55. The second-order valence-electron chi connectivity index (χ2n) is 6.81. The van der Waals surface area contributed by atoms with Crippen molar-refractivity contribution in [3.8, 4) is 0 Å². The van der Waals surface area contributed by atoms with Crippen LogP contribution in [0.2, 0.25) is 0 Å². The Morgan fingerprint density at radius 3 is 2.48 bits per heavy atom. The maximum absolute atomic E-state index is 12.0. The number of hydrogen-bond acceptors (Lipinski definition) is 4. The molecule has 0 bridgehead atoms. The summed E-state index contributed by atoms with van der Waals surface area (Å²) in [6, 6.07) is -1.28. The van der Waals surface area contributed by atoms with Crippen molar-refractivity contribution in [2.45, 2.75) is 64.3 Å². The highest BCUT2D eigenvalue weighted by molar-refractivity contribution is 5.89. The quantitative estimate of drug-likeness (QED) is 0.680. The van der Waals surface area contributed by atoms with Gasteiger partial charge in [-0.3, -0.25) is 9.59 Å². The van der Waals surface area contributed by atoms with Crippen LogP contribution in [-0.4, -0.2) is 42.7 Å². The molecule has 1 aliphatic rings. The largest absolute Gasteiger partial charge is 0.368 e. The first-order chi connectivity index (χ1) is 10.6. The lowest BCUT2D eigenvalue weighted by molar-refractivity contribution is -0.129. The number of carbonyl (C=O) groups is 2. The van der Waals surface area contributed by atoms with E-state index >= 15 is 0 Å². The standard InChI is InChI=1S/C17H29N3O3/c1-11(18)15(21)20-14(16(22)19-5)10-12-6-8-13(9-7-12)23-17(2,3)4/h6-8,11,13-14H,9-10,18H2,1-5H3,(H,19,22)(H,20,21). The summed E-state index contributed by atoms with van der Waals surface area (Å²) in [6.45, 7) is 7.64. The van der Waals surface area contributed by atoms with Crippen molar-refractivity contribution in [3.63, 3.8) is 0 Å².